The van der Waals surface area contributed by atoms with Gasteiger partial charge in [0.25, 0.3) is 6.17 Å². The highest BCUT2D eigenvalue weighted by atomic mass is 16.5. The SMILES string of the molecule is CC1=[N+]([O-])[C@@H](N2CCCCC2)[C@](O)(c2ccccc2)C1. The van der Waals surface area contributed by atoms with E-state index >= 15 is 0 Å². The van der Waals surface area contributed by atoms with E-state index in [0.29, 0.717) is 12.1 Å². The van der Waals surface area contributed by atoms with Gasteiger partial charge in [0.15, 0.2) is 11.3 Å². The van der Waals surface area contributed by atoms with Crippen molar-refractivity contribution in [1.29, 1.82) is 0 Å². The summed E-state index contributed by atoms with van der Waals surface area (Å²) < 4.78 is 1.03. The maximum absolute atomic E-state index is 12.5. The number of hydrogen-bond acceptors (Lipinski definition) is 3. The van der Waals surface area contributed by atoms with Gasteiger partial charge in [-0.2, -0.15) is 4.74 Å². The molecule has 4 heteroatoms. The van der Waals surface area contributed by atoms with Crippen LogP contribution in [-0.4, -0.2) is 39.7 Å². The largest absolute Gasteiger partial charge is 0.623 e. The Bertz CT molecular complexity index is 508. The normalized spacial score (nSPS) is 31.8. The Labute approximate surface area is 119 Å². The van der Waals surface area contributed by atoms with Gasteiger partial charge in [0.05, 0.1) is 6.42 Å². The molecule has 1 saturated heterocycles. The van der Waals surface area contributed by atoms with Crippen LogP contribution >= 0.6 is 0 Å². The van der Waals surface area contributed by atoms with Crippen LogP contribution < -0.4 is 0 Å². The summed E-state index contributed by atoms with van der Waals surface area (Å²) in [6, 6.07) is 9.61. The minimum Gasteiger partial charge on any atom is -0.623 e. The second kappa shape index (κ2) is 5.19. The molecule has 0 saturated carbocycles. The van der Waals surface area contributed by atoms with E-state index in [1.165, 1.54) is 6.42 Å². The number of benzene rings is 1. The molecule has 2 atom stereocenters. The first kappa shape index (κ1) is 13.6. The molecule has 2 heterocycles. The lowest BCUT2D eigenvalue weighted by Crippen LogP contribution is -2.53. The Kier molecular flexibility index (Phi) is 3.52. The van der Waals surface area contributed by atoms with Crippen LogP contribution in [0.15, 0.2) is 30.3 Å². The summed E-state index contributed by atoms with van der Waals surface area (Å²) in [6.07, 6.45) is 3.36. The van der Waals surface area contributed by atoms with Crippen molar-refractivity contribution in [3.8, 4) is 0 Å². The molecule has 0 aliphatic carbocycles. The van der Waals surface area contributed by atoms with Crippen LogP contribution in [0, 0.1) is 5.21 Å². The number of rotatable bonds is 2. The summed E-state index contributed by atoms with van der Waals surface area (Å²) in [5.41, 5.74) is 0.463. The molecule has 0 spiro atoms. The summed E-state index contributed by atoms with van der Waals surface area (Å²) in [7, 11) is 0. The number of aliphatic hydroxyl groups is 1. The summed E-state index contributed by atoms with van der Waals surface area (Å²) in [6.45, 7) is 3.61. The summed E-state index contributed by atoms with van der Waals surface area (Å²) in [4.78, 5) is 2.15. The molecule has 2 aliphatic rings. The highest BCUT2D eigenvalue weighted by Gasteiger charge is 2.54. The van der Waals surface area contributed by atoms with Crippen LogP contribution in [0.3, 0.4) is 0 Å². The monoisotopic (exact) mass is 274 g/mol. The predicted octanol–water partition coefficient (Wildman–Crippen LogP) is 2.06. The molecule has 0 aromatic heterocycles. The van der Waals surface area contributed by atoms with Crippen molar-refractivity contribution in [2.75, 3.05) is 13.1 Å². The average Bonchev–Trinajstić information content (AvgIpc) is 2.72. The van der Waals surface area contributed by atoms with Gasteiger partial charge in [-0.3, -0.25) is 0 Å². The maximum Gasteiger partial charge on any atom is 0.253 e. The van der Waals surface area contributed by atoms with Crippen LogP contribution in [0.2, 0.25) is 0 Å². The van der Waals surface area contributed by atoms with Crippen molar-refractivity contribution in [2.24, 2.45) is 0 Å². The third-order valence-electron chi connectivity index (χ3n) is 4.56. The molecule has 0 bridgehead atoms. The quantitative estimate of drug-likeness (QED) is 0.663. The van der Waals surface area contributed by atoms with Gasteiger partial charge in [-0.25, -0.2) is 4.90 Å². The zero-order valence-corrected chi connectivity index (χ0v) is 12.0. The summed E-state index contributed by atoms with van der Waals surface area (Å²) in [5.74, 6) is 0. The van der Waals surface area contributed by atoms with Gasteiger partial charge in [-0.1, -0.05) is 36.8 Å². The molecule has 1 aromatic carbocycles. The summed E-state index contributed by atoms with van der Waals surface area (Å²) >= 11 is 0. The number of piperidine rings is 1. The molecule has 0 radical (unpaired) electrons. The van der Waals surface area contributed by atoms with Crippen LogP contribution in [-0.2, 0) is 5.60 Å². The fraction of sp³-hybridized carbons (Fsp3) is 0.562. The van der Waals surface area contributed by atoms with Crippen molar-refractivity contribution in [1.82, 2.24) is 4.90 Å². The Hall–Kier alpha value is -1.39. The fourth-order valence-electron chi connectivity index (χ4n) is 3.55. The fourth-order valence-corrected chi connectivity index (χ4v) is 3.55. The summed E-state index contributed by atoms with van der Waals surface area (Å²) in [5, 5.41) is 23.7. The molecule has 0 unspecified atom stereocenters. The molecule has 108 valence electrons. The van der Waals surface area contributed by atoms with Crippen LogP contribution in [0.5, 0.6) is 0 Å². The molecule has 4 nitrogen and oxygen atoms in total. The molecule has 1 aromatic rings. The molecule has 2 aliphatic heterocycles. The van der Waals surface area contributed by atoms with E-state index in [0.717, 1.165) is 36.2 Å². The first-order chi connectivity index (χ1) is 9.63. The van der Waals surface area contributed by atoms with Crippen LogP contribution in [0.25, 0.3) is 0 Å². The molecule has 20 heavy (non-hydrogen) atoms. The van der Waals surface area contributed by atoms with Gasteiger partial charge >= 0.3 is 0 Å². The first-order valence-electron chi connectivity index (χ1n) is 7.44. The Balaban J connectivity index is 1.97. The number of nitrogens with zero attached hydrogens (tertiary/aromatic N) is 2. The average molecular weight is 274 g/mol. The number of hydroxylamine groups is 1. The minimum absolute atomic E-state index is 0.418. The Morgan fingerprint density at radius 2 is 1.85 bits per heavy atom. The van der Waals surface area contributed by atoms with E-state index in [4.69, 9.17) is 0 Å². The second-order valence-corrected chi connectivity index (χ2v) is 6.00. The Morgan fingerprint density at radius 3 is 2.50 bits per heavy atom. The standard InChI is InChI=1S/C16H22N2O2/c1-13-12-16(19,14-8-4-2-5-9-14)15(18(13)20)17-10-6-3-7-11-17/h2,4-5,8-9,15,19H,3,6-7,10-12H2,1H3/t15-,16-/m1/s1. The first-order valence-corrected chi connectivity index (χ1v) is 7.44. The van der Waals surface area contributed by atoms with Gasteiger partial charge < -0.3 is 10.3 Å². The van der Waals surface area contributed by atoms with E-state index in [9.17, 15) is 10.3 Å². The molecule has 0 amide bonds. The van der Waals surface area contributed by atoms with E-state index in [-0.39, 0.29) is 0 Å². The highest BCUT2D eigenvalue weighted by molar-refractivity contribution is 5.80. The molecule has 3 rings (SSSR count). The van der Waals surface area contributed by atoms with Crippen LogP contribution in [0.1, 0.15) is 38.2 Å². The van der Waals surface area contributed by atoms with E-state index in [2.05, 4.69) is 4.90 Å². The van der Waals surface area contributed by atoms with Crippen molar-refractivity contribution in [3.05, 3.63) is 41.1 Å². The van der Waals surface area contributed by atoms with E-state index in [1.54, 1.807) is 0 Å². The van der Waals surface area contributed by atoms with E-state index in [1.807, 2.05) is 37.3 Å². The van der Waals surface area contributed by atoms with Gasteiger partial charge in [0.1, 0.15) is 0 Å². The lowest BCUT2D eigenvalue weighted by atomic mass is 9.87. The number of likely N-dealkylation sites (tertiary alicyclic amines) is 1. The van der Waals surface area contributed by atoms with Gasteiger partial charge in [-0.15, -0.1) is 0 Å². The highest BCUT2D eigenvalue weighted by Crippen LogP contribution is 2.38. The van der Waals surface area contributed by atoms with Gasteiger partial charge in [-0.05, 0) is 18.4 Å². The smallest absolute Gasteiger partial charge is 0.253 e. The zero-order valence-electron chi connectivity index (χ0n) is 12.0. The third kappa shape index (κ3) is 2.13. The van der Waals surface area contributed by atoms with Crippen molar-refractivity contribution in [2.45, 2.75) is 44.4 Å². The van der Waals surface area contributed by atoms with Gasteiger partial charge in [0, 0.05) is 20.0 Å². The Morgan fingerprint density at radius 1 is 1.20 bits per heavy atom. The molecule has 1 N–H and O–H groups in total. The maximum atomic E-state index is 12.5. The van der Waals surface area contributed by atoms with Crippen LogP contribution in [0.4, 0.5) is 0 Å². The number of hydrogen-bond donors (Lipinski definition) is 1. The lowest BCUT2D eigenvalue weighted by Gasteiger charge is -2.37. The predicted molar refractivity (Wildman–Crippen MR) is 78.5 cm³/mol. The zero-order chi connectivity index (χ0) is 14.2. The molecular formula is C16H22N2O2. The lowest BCUT2D eigenvalue weighted by molar-refractivity contribution is -0.545. The second-order valence-electron chi connectivity index (χ2n) is 6.00. The van der Waals surface area contributed by atoms with Crippen molar-refractivity contribution < 1.29 is 9.85 Å². The van der Waals surface area contributed by atoms with E-state index < -0.39 is 11.8 Å². The minimum atomic E-state index is -1.09. The topological polar surface area (TPSA) is 49.5 Å². The third-order valence-corrected chi connectivity index (χ3v) is 4.56. The molecule has 1 fully saturated rings. The molecular weight excluding hydrogens is 252 g/mol. The van der Waals surface area contributed by atoms with Crippen molar-refractivity contribution in [3.63, 3.8) is 0 Å². The van der Waals surface area contributed by atoms with Gasteiger partial charge in [0.2, 0.25) is 0 Å². The van der Waals surface area contributed by atoms with Crippen molar-refractivity contribution >= 4 is 5.71 Å².